The number of halogens is 2. The van der Waals surface area contributed by atoms with E-state index in [1.165, 1.54) is 56.9 Å². The maximum absolute atomic E-state index is 14.7. The van der Waals surface area contributed by atoms with Gasteiger partial charge in [0.1, 0.15) is 11.4 Å². The Morgan fingerprint density at radius 1 is 1.00 bits per heavy atom. The Bertz CT molecular complexity index is 826. The molecule has 32 heavy (non-hydrogen) atoms. The Kier molecular flexibility index (Phi) is 7.54. The zero-order valence-corrected chi connectivity index (χ0v) is 20.1. The van der Waals surface area contributed by atoms with Gasteiger partial charge in [-0.25, -0.2) is 8.78 Å². The summed E-state index contributed by atoms with van der Waals surface area (Å²) in [7, 11) is 0. The first-order chi connectivity index (χ1) is 15.4. The lowest BCUT2D eigenvalue weighted by molar-refractivity contribution is -0.0554. The van der Waals surface area contributed by atoms with Crippen molar-refractivity contribution in [2.24, 2.45) is 17.8 Å². The molecular formula is C29H40F2O. The summed E-state index contributed by atoms with van der Waals surface area (Å²) >= 11 is 0. The van der Waals surface area contributed by atoms with Crippen LogP contribution in [0.4, 0.5) is 8.78 Å². The highest BCUT2D eigenvalue weighted by atomic mass is 19.2. The number of allylic oxidation sites excluding steroid dienone is 2. The van der Waals surface area contributed by atoms with Crippen molar-refractivity contribution >= 4 is 0 Å². The van der Waals surface area contributed by atoms with Gasteiger partial charge in [-0.1, -0.05) is 63.5 Å². The Morgan fingerprint density at radius 2 is 1.72 bits per heavy atom. The summed E-state index contributed by atoms with van der Waals surface area (Å²) in [5.41, 5.74) is 1.61. The normalized spacial score (nSPS) is 35.1. The summed E-state index contributed by atoms with van der Waals surface area (Å²) in [5, 5.41) is 0. The van der Waals surface area contributed by atoms with Crippen LogP contribution in [0.3, 0.4) is 0 Å². The molecule has 4 rings (SSSR count). The standard InChI is InChI=1S/C29H40F2O/c1-4-6-20-7-12-26-18-25(14-13-24(26)17-20)23-10-8-21(9-11-23)19-32-29(3)16-15-22(5-2)27(30)28(29)31/h8-11,15-16,20,24-26,28H,4-7,12-14,17-19H2,1-3H3. The van der Waals surface area contributed by atoms with Crippen LogP contribution in [0.5, 0.6) is 0 Å². The van der Waals surface area contributed by atoms with Gasteiger partial charge >= 0.3 is 0 Å². The molecular weight excluding hydrogens is 402 g/mol. The fraction of sp³-hybridized carbons (Fsp3) is 0.655. The molecule has 1 nitrogen and oxygen atoms in total. The van der Waals surface area contributed by atoms with Crippen molar-refractivity contribution in [3.05, 3.63) is 58.9 Å². The number of hydrogen-bond acceptors (Lipinski definition) is 1. The second-order valence-electron chi connectivity index (χ2n) is 10.6. The molecule has 0 radical (unpaired) electrons. The Hall–Kier alpha value is -1.48. The van der Waals surface area contributed by atoms with E-state index in [4.69, 9.17) is 4.74 Å². The lowest BCUT2D eigenvalue weighted by atomic mass is 9.63. The van der Waals surface area contributed by atoms with E-state index in [1.807, 2.05) is 6.92 Å². The van der Waals surface area contributed by atoms with E-state index in [0.717, 1.165) is 23.3 Å². The van der Waals surface area contributed by atoms with Crippen LogP contribution < -0.4 is 0 Å². The summed E-state index contributed by atoms with van der Waals surface area (Å²) in [6.45, 7) is 6.06. The molecule has 6 unspecified atom stereocenters. The molecule has 0 aromatic heterocycles. The zero-order chi connectivity index (χ0) is 22.7. The highest BCUT2D eigenvalue weighted by molar-refractivity contribution is 5.34. The zero-order valence-electron chi connectivity index (χ0n) is 20.1. The number of fused-ring (bicyclic) bond motifs is 1. The van der Waals surface area contributed by atoms with Crippen molar-refractivity contribution in [2.75, 3.05) is 0 Å². The lowest BCUT2D eigenvalue weighted by Gasteiger charge is -2.42. The SMILES string of the molecule is CCCC1CCC2CC(c3ccc(COC4(C)C=CC(CC)=C(F)C4F)cc3)CCC2C1. The molecule has 3 aliphatic rings. The smallest absolute Gasteiger partial charge is 0.184 e. The molecule has 6 atom stereocenters. The largest absolute Gasteiger partial charge is 0.363 e. The van der Waals surface area contributed by atoms with E-state index in [2.05, 4.69) is 31.2 Å². The van der Waals surface area contributed by atoms with Crippen LogP contribution >= 0.6 is 0 Å². The summed E-state index contributed by atoms with van der Waals surface area (Å²) in [5.74, 6) is 2.80. The summed E-state index contributed by atoms with van der Waals surface area (Å²) in [6.07, 6.45) is 13.1. The van der Waals surface area contributed by atoms with E-state index in [9.17, 15) is 8.78 Å². The highest BCUT2D eigenvalue weighted by Gasteiger charge is 2.40. The topological polar surface area (TPSA) is 9.23 Å². The first-order valence-corrected chi connectivity index (χ1v) is 12.9. The monoisotopic (exact) mass is 442 g/mol. The molecule has 176 valence electrons. The maximum atomic E-state index is 14.7. The highest BCUT2D eigenvalue weighted by Crippen LogP contribution is 2.48. The van der Waals surface area contributed by atoms with Crippen molar-refractivity contribution < 1.29 is 13.5 Å². The van der Waals surface area contributed by atoms with Gasteiger partial charge in [0.05, 0.1) is 6.61 Å². The van der Waals surface area contributed by atoms with Crippen LogP contribution in [0.15, 0.2) is 47.8 Å². The van der Waals surface area contributed by atoms with Crippen LogP contribution in [-0.2, 0) is 11.3 Å². The van der Waals surface area contributed by atoms with E-state index >= 15 is 0 Å². The molecule has 1 aromatic carbocycles. The minimum absolute atomic E-state index is 0.282. The first-order valence-electron chi connectivity index (χ1n) is 12.9. The second-order valence-corrected chi connectivity index (χ2v) is 10.6. The van der Waals surface area contributed by atoms with Gasteiger partial charge < -0.3 is 4.74 Å². The predicted molar refractivity (Wildman–Crippen MR) is 128 cm³/mol. The van der Waals surface area contributed by atoms with Gasteiger partial charge in [0.15, 0.2) is 6.17 Å². The molecule has 0 spiro atoms. The van der Waals surface area contributed by atoms with E-state index in [0.29, 0.717) is 17.9 Å². The third-order valence-corrected chi connectivity index (χ3v) is 8.45. The van der Waals surface area contributed by atoms with E-state index in [-0.39, 0.29) is 6.61 Å². The van der Waals surface area contributed by atoms with E-state index in [1.54, 1.807) is 19.1 Å². The average Bonchev–Trinajstić information content (AvgIpc) is 2.82. The molecule has 2 saturated carbocycles. The maximum Gasteiger partial charge on any atom is 0.184 e. The molecule has 0 amide bonds. The molecule has 0 bridgehead atoms. The Morgan fingerprint density at radius 3 is 2.44 bits per heavy atom. The van der Waals surface area contributed by atoms with Gasteiger partial charge in [-0.15, -0.1) is 0 Å². The van der Waals surface area contributed by atoms with Crippen LogP contribution in [0.2, 0.25) is 0 Å². The van der Waals surface area contributed by atoms with Crippen molar-refractivity contribution in [2.45, 2.75) is 103 Å². The molecule has 0 saturated heterocycles. The molecule has 0 aliphatic heterocycles. The third-order valence-electron chi connectivity index (χ3n) is 8.45. The third kappa shape index (κ3) is 5.03. The van der Waals surface area contributed by atoms with E-state index < -0.39 is 17.6 Å². The second kappa shape index (κ2) is 10.2. The number of alkyl halides is 1. The molecule has 1 aromatic rings. The van der Waals surface area contributed by atoms with Crippen molar-refractivity contribution in [3.8, 4) is 0 Å². The van der Waals surface area contributed by atoms with Gasteiger partial charge in [0, 0.05) is 0 Å². The molecule has 2 fully saturated rings. The number of benzene rings is 1. The minimum Gasteiger partial charge on any atom is -0.363 e. The molecule has 0 N–H and O–H groups in total. The van der Waals surface area contributed by atoms with Crippen molar-refractivity contribution in [1.82, 2.24) is 0 Å². The van der Waals surface area contributed by atoms with Crippen molar-refractivity contribution in [1.29, 1.82) is 0 Å². The minimum atomic E-state index is -1.75. The van der Waals surface area contributed by atoms with Gasteiger partial charge in [-0.3, -0.25) is 0 Å². The van der Waals surface area contributed by atoms with Crippen LogP contribution in [0.1, 0.15) is 95.6 Å². The average molecular weight is 443 g/mol. The van der Waals surface area contributed by atoms with Crippen LogP contribution in [0.25, 0.3) is 0 Å². The van der Waals surface area contributed by atoms with Crippen molar-refractivity contribution in [3.63, 3.8) is 0 Å². The van der Waals surface area contributed by atoms with Crippen LogP contribution in [-0.4, -0.2) is 11.8 Å². The Balaban J connectivity index is 1.32. The van der Waals surface area contributed by atoms with Gasteiger partial charge in [-0.05, 0) is 91.9 Å². The number of hydrogen-bond donors (Lipinski definition) is 0. The first kappa shape index (κ1) is 23.7. The summed E-state index contributed by atoms with van der Waals surface area (Å²) in [4.78, 5) is 0. The summed E-state index contributed by atoms with van der Waals surface area (Å²) in [6, 6.07) is 8.67. The molecule has 0 heterocycles. The fourth-order valence-corrected chi connectivity index (χ4v) is 6.34. The summed E-state index contributed by atoms with van der Waals surface area (Å²) < 4.78 is 34.8. The van der Waals surface area contributed by atoms with Gasteiger partial charge in [0.2, 0.25) is 0 Å². The van der Waals surface area contributed by atoms with Gasteiger partial charge in [0.25, 0.3) is 0 Å². The lowest BCUT2D eigenvalue weighted by Crippen LogP contribution is -2.40. The van der Waals surface area contributed by atoms with Gasteiger partial charge in [-0.2, -0.15) is 0 Å². The number of ether oxygens (including phenoxy) is 1. The molecule has 3 aliphatic carbocycles. The fourth-order valence-electron chi connectivity index (χ4n) is 6.34. The quantitative estimate of drug-likeness (QED) is 0.411. The Labute approximate surface area is 193 Å². The number of rotatable bonds is 7. The van der Waals surface area contributed by atoms with Crippen LogP contribution in [0, 0.1) is 17.8 Å². The molecule has 3 heteroatoms. The predicted octanol–water partition coefficient (Wildman–Crippen LogP) is 8.60.